The zero-order valence-electron chi connectivity index (χ0n) is 15.3. The second kappa shape index (κ2) is 10.2. The van der Waals surface area contributed by atoms with Gasteiger partial charge >= 0.3 is 5.97 Å². The van der Waals surface area contributed by atoms with Crippen LogP contribution in [-0.2, 0) is 14.3 Å². The van der Waals surface area contributed by atoms with Gasteiger partial charge in [-0.25, -0.2) is 4.79 Å². The van der Waals surface area contributed by atoms with Crippen molar-refractivity contribution in [3.8, 4) is 0 Å². The molecule has 0 N–H and O–H groups in total. The Balaban J connectivity index is 2.03. The summed E-state index contributed by atoms with van der Waals surface area (Å²) in [6, 6.07) is 7.59. The largest absolute Gasteiger partial charge is 0.460 e. The van der Waals surface area contributed by atoms with Gasteiger partial charge in [-0.15, -0.1) is 11.8 Å². The van der Waals surface area contributed by atoms with Crippen LogP contribution in [0.4, 0.5) is 5.69 Å². The highest BCUT2D eigenvalue weighted by Crippen LogP contribution is 2.23. The van der Waals surface area contributed by atoms with E-state index in [9.17, 15) is 14.4 Å². The molecule has 0 radical (unpaired) electrons. The van der Waals surface area contributed by atoms with Crippen LogP contribution in [0.3, 0.4) is 0 Å². The number of carbonyl (C=O) groups excluding carboxylic acids is 3. The average Bonchev–Trinajstić information content (AvgIpc) is 2.69. The number of hydrogen-bond acceptors (Lipinski definition) is 6. The van der Waals surface area contributed by atoms with Crippen molar-refractivity contribution in [1.82, 2.24) is 0 Å². The van der Waals surface area contributed by atoms with Crippen LogP contribution in [0.1, 0.15) is 43.0 Å². The molecular weight excluding hydrogens is 350 g/mol. The Labute approximate surface area is 158 Å². The summed E-state index contributed by atoms with van der Waals surface area (Å²) in [4.78, 5) is 38.5. The van der Waals surface area contributed by atoms with Crippen molar-refractivity contribution < 1.29 is 19.1 Å². The number of anilines is 1. The third kappa shape index (κ3) is 5.46. The second-order valence-electron chi connectivity index (χ2n) is 6.04. The summed E-state index contributed by atoms with van der Waals surface area (Å²) in [5.41, 5.74) is 1.71. The highest BCUT2D eigenvalue weighted by molar-refractivity contribution is 8.03. The number of esters is 1. The van der Waals surface area contributed by atoms with Crippen LogP contribution in [0.25, 0.3) is 0 Å². The fraction of sp³-hybridized carbons (Fsp3) is 0.450. The fourth-order valence-electron chi connectivity index (χ4n) is 2.87. The number of hydrogen-bond donors (Lipinski definition) is 0. The molecule has 0 saturated carbocycles. The van der Waals surface area contributed by atoms with E-state index in [1.807, 2.05) is 24.3 Å². The molecule has 1 aliphatic heterocycles. The average molecular weight is 375 g/mol. The van der Waals surface area contributed by atoms with Crippen molar-refractivity contribution in [3.05, 3.63) is 40.8 Å². The van der Waals surface area contributed by atoms with Gasteiger partial charge in [-0.1, -0.05) is 6.08 Å². The highest BCUT2D eigenvalue weighted by atomic mass is 32.2. The summed E-state index contributed by atoms with van der Waals surface area (Å²) in [5, 5.41) is 0. The molecule has 0 spiro atoms. The fourth-order valence-corrected chi connectivity index (χ4v) is 3.42. The first-order valence-electron chi connectivity index (χ1n) is 8.90. The van der Waals surface area contributed by atoms with Crippen molar-refractivity contribution in [2.24, 2.45) is 0 Å². The van der Waals surface area contributed by atoms with E-state index in [0.717, 1.165) is 18.8 Å². The molecule has 1 heterocycles. The van der Waals surface area contributed by atoms with Crippen molar-refractivity contribution in [2.75, 3.05) is 30.9 Å². The number of ketones is 2. The number of benzene rings is 1. The quantitative estimate of drug-likeness (QED) is 0.299. The SMILES string of the molecule is CCOC(=O)C(=O)CC=C(SC)C(=O)c1ccc(N2CCCCC2)cc1. The van der Waals surface area contributed by atoms with E-state index in [2.05, 4.69) is 9.64 Å². The molecule has 6 heteroatoms. The third-order valence-corrected chi connectivity index (χ3v) is 5.06. The predicted octanol–water partition coefficient (Wildman–Crippen LogP) is 3.63. The van der Waals surface area contributed by atoms with E-state index in [4.69, 9.17) is 0 Å². The molecule has 1 saturated heterocycles. The first kappa shape index (κ1) is 20.2. The number of nitrogens with zero attached hydrogens (tertiary/aromatic N) is 1. The van der Waals surface area contributed by atoms with Crippen LogP contribution >= 0.6 is 11.8 Å². The van der Waals surface area contributed by atoms with Crippen LogP contribution in [0.5, 0.6) is 0 Å². The van der Waals surface area contributed by atoms with Gasteiger partial charge in [0.25, 0.3) is 0 Å². The molecule has 1 fully saturated rings. The molecular formula is C20H25NO4S. The smallest absolute Gasteiger partial charge is 0.374 e. The maximum atomic E-state index is 12.6. The molecule has 0 amide bonds. The van der Waals surface area contributed by atoms with Crippen LogP contribution in [-0.4, -0.2) is 43.5 Å². The molecule has 0 unspecified atom stereocenters. The molecule has 1 aliphatic rings. The number of ether oxygens (including phenoxy) is 1. The van der Waals surface area contributed by atoms with Crippen molar-refractivity contribution in [2.45, 2.75) is 32.6 Å². The number of thioether (sulfide) groups is 1. The summed E-state index contributed by atoms with van der Waals surface area (Å²) < 4.78 is 4.67. The Kier molecular flexibility index (Phi) is 7.91. The summed E-state index contributed by atoms with van der Waals surface area (Å²) >= 11 is 1.27. The lowest BCUT2D eigenvalue weighted by Crippen LogP contribution is -2.29. The van der Waals surface area contributed by atoms with E-state index in [0.29, 0.717) is 10.5 Å². The summed E-state index contributed by atoms with van der Waals surface area (Å²) in [6.45, 7) is 3.91. The Morgan fingerprint density at radius 3 is 2.35 bits per heavy atom. The molecule has 0 aliphatic carbocycles. The van der Waals surface area contributed by atoms with Crippen molar-refractivity contribution >= 4 is 35.0 Å². The van der Waals surface area contributed by atoms with Gasteiger partial charge in [0.05, 0.1) is 11.5 Å². The van der Waals surface area contributed by atoms with Gasteiger partial charge in [-0.3, -0.25) is 9.59 Å². The number of rotatable bonds is 8. The van der Waals surface area contributed by atoms with E-state index in [-0.39, 0.29) is 18.8 Å². The first-order chi connectivity index (χ1) is 12.6. The maximum Gasteiger partial charge on any atom is 0.374 e. The van der Waals surface area contributed by atoms with E-state index >= 15 is 0 Å². The van der Waals surface area contributed by atoms with Gasteiger partial charge in [-0.05, 0) is 56.7 Å². The van der Waals surface area contributed by atoms with Gasteiger partial charge in [0.2, 0.25) is 5.78 Å². The van der Waals surface area contributed by atoms with Crippen LogP contribution < -0.4 is 4.90 Å². The van der Waals surface area contributed by atoms with Gasteiger partial charge in [-0.2, -0.15) is 0 Å². The Bertz CT molecular complexity index is 676. The monoisotopic (exact) mass is 375 g/mol. The number of carbonyl (C=O) groups is 3. The predicted molar refractivity (Wildman–Crippen MR) is 105 cm³/mol. The molecule has 140 valence electrons. The van der Waals surface area contributed by atoms with Gasteiger partial charge in [0.1, 0.15) is 0 Å². The molecule has 0 aromatic heterocycles. The van der Waals surface area contributed by atoms with Crippen molar-refractivity contribution in [3.63, 3.8) is 0 Å². The van der Waals surface area contributed by atoms with Crippen LogP contribution in [0.2, 0.25) is 0 Å². The Hall–Kier alpha value is -2.08. The molecule has 1 aromatic carbocycles. The molecule has 0 atom stereocenters. The van der Waals surface area contributed by atoms with Gasteiger partial charge in [0.15, 0.2) is 5.78 Å². The third-order valence-electron chi connectivity index (χ3n) is 4.27. The normalized spacial score (nSPS) is 14.8. The molecule has 26 heavy (non-hydrogen) atoms. The lowest BCUT2D eigenvalue weighted by atomic mass is 10.1. The van der Waals surface area contributed by atoms with Gasteiger partial charge < -0.3 is 9.64 Å². The van der Waals surface area contributed by atoms with E-state index in [1.165, 1.54) is 37.1 Å². The highest BCUT2D eigenvalue weighted by Gasteiger charge is 2.17. The second-order valence-corrected chi connectivity index (χ2v) is 6.89. The Morgan fingerprint density at radius 2 is 1.77 bits per heavy atom. The molecule has 2 rings (SSSR count). The van der Waals surface area contributed by atoms with E-state index < -0.39 is 11.8 Å². The summed E-state index contributed by atoms with van der Waals surface area (Å²) in [6.07, 6.45) is 6.83. The lowest BCUT2D eigenvalue weighted by molar-refractivity contribution is -0.153. The van der Waals surface area contributed by atoms with Crippen molar-refractivity contribution in [1.29, 1.82) is 0 Å². The van der Waals surface area contributed by atoms with Crippen LogP contribution in [0.15, 0.2) is 35.2 Å². The number of allylic oxidation sites excluding steroid dienone is 2. The van der Waals surface area contributed by atoms with E-state index in [1.54, 1.807) is 13.2 Å². The lowest BCUT2D eigenvalue weighted by Gasteiger charge is -2.28. The zero-order chi connectivity index (χ0) is 18.9. The van der Waals surface area contributed by atoms with Gasteiger partial charge in [0, 0.05) is 30.8 Å². The topological polar surface area (TPSA) is 63.7 Å². The molecule has 1 aromatic rings. The minimum atomic E-state index is -0.859. The minimum Gasteiger partial charge on any atom is -0.460 e. The maximum absolute atomic E-state index is 12.6. The minimum absolute atomic E-state index is 0.132. The first-order valence-corrected chi connectivity index (χ1v) is 10.1. The summed E-state index contributed by atoms with van der Waals surface area (Å²) in [7, 11) is 0. The molecule has 5 nitrogen and oxygen atoms in total. The van der Waals surface area contributed by atoms with Crippen LogP contribution in [0, 0.1) is 0 Å². The Morgan fingerprint density at radius 1 is 1.12 bits per heavy atom. The zero-order valence-corrected chi connectivity index (χ0v) is 16.1. The molecule has 0 bridgehead atoms. The standard InChI is InChI=1S/C20H25NO4S/c1-3-25-20(24)17(22)11-12-18(26-2)19(23)15-7-9-16(10-8-15)21-13-5-4-6-14-21/h7-10,12H,3-6,11,13-14H2,1-2H3. The summed E-state index contributed by atoms with van der Waals surface area (Å²) in [5.74, 6) is -1.64. The number of piperidine rings is 1. The number of Topliss-reactive ketones (excluding diaryl/α,β-unsaturated/α-hetero) is 2.